The zero-order chi connectivity index (χ0) is 23.2. The van der Waals surface area contributed by atoms with Gasteiger partial charge in [0.1, 0.15) is 11.3 Å². The highest BCUT2D eigenvalue weighted by molar-refractivity contribution is 5.90. The highest BCUT2D eigenvalue weighted by atomic mass is 16.5. The molecular weight excluding hydrogens is 420 g/mol. The fourth-order valence-electron chi connectivity index (χ4n) is 4.46. The molecule has 9 heteroatoms. The molecule has 1 aromatic carbocycles. The van der Waals surface area contributed by atoms with Gasteiger partial charge in [-0.05, 0) is 43.4 Å². The monoisotopic (exact) mass is 452 g/mol. The number of fused-ring (bicyclic) bond motifs is 3. The van der Waals surface area contributed by atoms with Gasteiger partial charge in [0, 0.05) is 31.5 Å². The highest BCUT2D eigenvalue weighted by Gasteiger charge is 2.22. The summed E-state index contributed by atoms with van der Waals surface area (Å²) in [6, 6.07) is 8.86. The van der Waals surface area contributed by atoms with E-state index in [0.29, 0.717) is 45.1 Å². The van der Waals surface area contributed by atoms with Crippen LogP contribution in [0.3, 0.4) is 0 Å². The Morgan fingerprint density at radius 3 is 2.67 bits per heavy atom. The number of imidazole rings is 1. The lowest BCUT2D eigenvalue weighted by Crippen LogP contribution is -2.38. The van der Waals surface area contributed by atoms with Gasteiger partial charge in [-0.15, -0.1) is 0 Å². The van der Waals surface area contributed by atoms with Crippen LogP contribution < -0.4 is 16.4 Å². The third-order valence-electron chi connectivity index (χ3n) is 6.05. The number of methoxy groups -OCH3 is 1. The Bertz CT molecular complexity index is 1100. The number of primary amides is 1. The molecule has 0 bridgehead atoms. The topological polar surface area (TPSA) is 122 Å². The number of rotatable bonds is 10. The predicted octanol–water partition coefficient (Wildman–Crippen LogP) is 2.68. The number of aromatic nitrogens is 3. The quantitative estimate of drug-likeness (QED) is 0.456. The number of hydrogen-bond acceptors (Lipinski definition) is 6. The third-order valence-corrected chi connectivity index (χ3v) is 6.05. The fourth-order valence-corrected chi connectivity index (χ4v) is 4.46. The van der Waals surface area contributed by atoms with Gasteiger partial charge in [-0.3, -0.25) is 4.90 Å². The van der Waals surface area contributed by atoms with Crippen molar-refractivity contribution in [2.75, 3.05) is 44.1 Å². The van der Waals surface area contributed by atoms with E-state index in [1.807, 2.05) is 30.3 Å². The number of nitrogen functional groups attached to an aromatic ring is 1. The molecule has 2 amide bonds. The van der Waals surface area contributed by atoms with Crippen molar-refractivity contribution in [1.82, 2.24) is 14.5 Å². The number of aryl methyl sites for hydroxylation is 2. The maximum atomic E-state index is 11.9. The largest absolute Gasteiger partial charge is 0.384 e. The number of nitrogens with two attached hydrogens (primary N) is 2. The van der Waals surface area contributed by atoms with Crippen LogP contribution >= 0.6 is 0 Å². The molecule has 2 heterocycles. The first kappa shape index (κ1) is 23.0. The molecule has 3 aromatic rings. The lowest BCUT2D eigenvalue weighted by atomic mass is 9.95. The van der Waals surface area contributed by atoms with Gasteiger partial charge < -0.3 is 25.5 Å². The van der Waals surface area contributed by atoms with Gasteiger partial charge in [0.05, 0.1) is 31.9 Å². The van der Waals surface area contributed by atoms with Crippen LogP contribution in [0.4, 0.5) is 16.3 Å². The first-order valence-corrected chi connectivity index (χ1v) is 11.4. The fraction of sp³-hybridized carbons (Fsp3) is 0.458. The summed E-state index contributed by atoms with van der Waals surface area (Å²) in [5.41, 5.74) is 16.8. The van der Waals surface area contributed by atoms with Crippen molar-refractivity contribution in [2.24, 2.45) is 5.73 Å². The molecule has 0 saturated carbocycles. The van der Waals surface area contributed by atoms with Crippen LogP contribution in [0.15, 0.2) is 30.3 Å². The molecule has 33 heavy (non-hydrogen) atoms. The van der Waals surface area contributed by atoms with Crippen molar-refractivity contribution in [3.05, 3.63) is 47.4 Å². The van der Waals surface area contributed by atoms with Gasteiger partial charge in [-0.25, -0.2) is 14.8 Å². The molecular formula is C24H32N6O3. The number of benzene rings is 1. The Morgan fingerprint density at radius 2 is 1.91 bits per heavy atom. The molecule has 1 aliphatic carbocycles. The maximum absolute atomic E-state index is 11.9. The van der Waals surface area contributed by atoms with Crippen LogP contribution in [-0.4, -0.2) is 54.0 Å². The number of urea groups is 1. The van der Waals surface area contributed by atoms with Crippen molar-refractivity contribution in [3.63, 3.8) is 0 Å². The summed E-state index contributed by atoms with van der Waals surface area (Å²) in [5, 5.41) is 0. The van der Waals surface area contributed by atoms with E-state index in [2.05, 4.69) is 9.55 Å². The van der Waals surface area contributed by atoms with E-state index in [1.54, 1.807) is 7.11 Å². The number of nitrogens with zero attached hydrogens (tertiary/aromatic N) is 4. The molecule has 0 atom stereocenters. The van der Waals surface area contributed by atoms with E-state index < -0.39 is 6.03 Å². The van der Waals surface area contributed by atoms with Gasteiger partial charge >= 0.3 is 6.03 Å². The minimum Gasteiger partial charge on any atom is -0.384 e. The smallest absolute Gasteiger partial charge is 0.319 e. The minimum atomic E-state index is -0.498. The Balaban J connectivity index is 1.48. The molecule has 0 unspecified atom stereocenters. The van der Waals surface area contributed by atoms with Crippen molar-refractivity contribution >= 4 is 28.6 Å². The molecule has 4 rings (SSSR count). The van der Waals surface area contributed by atoms with Crippen LogP contribution in [0.1, 0.15) is 29.9 Å². The summed E-state index contributed by atoms with van der Waals surface area (Å²) in [6.07, 6.45) is 4.90. The summed E-state index contributed by atoms with van der Waals surface area (Å²) in [4.78, 5) is 22.8. The molecule has 0 aliphatic heterocycles. The molecule has 0 spiro atoms. The third kappa shape index (κ3) is 5.09. The van der Waals surface area contributed by atoms with E-state index in [-0.39, 0.29) is 0 Å². The van der Waals surface area contributed by atoms with Crippen LogP contribution in [0.25, 0.3) is 11.0 Å². The zero-order valence-electron chi connectivity index (χ0n) is 19.1. The highest BCUT2D eigenvalue weighted by Crippen LogP contribution is 2.31. The summed E-state index contributed by atoms with van der Waals surface area (Å²) >= 11 is 0. The van der Waals surface area contributed by atoms with E-state index in [1.165, 1.54) is 10.5 Å². The summed E-state index contributed by atoms with van der Waals surface area (Å²) in [6.45, 7) is 2.44. The van der Waals surface area contributed by atoms with Gasteiger partial charge in [0.25, 0.3) is 0 Å². The maximum Gasteiger partial charge on any atom is 0.319 e. The Kier molecular flexibility index (Phi) is 7.41. The average Bonchev–Trinajstić information content (AvgIpc) is 3.19. The second kappa shape index (κ2) is 10.6. The van der Waals surface area contributed by atoms with E-state index in [0.717, 1.165) is 53.9 Å². The summed E-state index contributed by atoms with van der Waals surface area (Å²) in [5.74, 6) is 1.41. The summed E-state index contributed by atoms with van der Waals surface area (Å²) in [7, 11) is 1.69. The average molecular weight is 453 g/mol. The normalized spacial score (nSPS) is 13.2. The number of para-hydroxylation sites is 1. The number of amides is 2. The zero-order valence-corrected chi connectivity index (χ0v) is 19.1. The van der Waals surface area contributed by atoms with E-state index in [4.69, 9.17) is 25.9 Å². The Morgan fingerprint density at radius 1 is 1.12 bits per heavy atom. The lowest BCUT2D eigenvalue weighted by molar-refractivity contribution is 0.132. The number of ether oxygens (including phenoxy) is 2. The van der Waals surface area contributed by atoms with Crippen molar-refractivity contribution in [1.29, 1.82) is 0 Å². The number of anilines is 2. The molecule has 4 N–H and O–H groups in total. The number of hydrogen-bond donors (Lipinski definition) is 2. The first-order chi connectivity index (χ1) is 16.1. The van der Waals surface area contributed by atoms with Crippen molar-refractivity contribution in [2.45, 2.75) is 38.6 Å². The molecule has 9 nitrogen and oxygen atoms in total. The SMILES string of the molecule is COCCc1nc2c(N)nc3c(c2n1CCOCCN(C(N)=O)c1ccccc1)CCCC3. The summed E-state index contributed by atoms with van der Waals surface area (Å²) < 4.78 is 13.4. The second-order valence-corrected chi connectivity index (χ2v) is 8.19. The molecule has 0 fully saturated rings. The predicted molar refractivity (Wildman–Crippen MR) is 128 cm³/mol. The molecule has 0 saturated heterocycles. The van der Waals surface area contributed by atoms with E-state index >= 15 is 0 Å². The molecule has 1 aliphatic rings. The van der Waals surface area contributed by atoms with Crippen LogP contribution in [0, 0.1) is 0 Å². The molecule has 2 aromatic heterocycles. The van der Waals surface area contributed by atoms with Crippen LogP contribution in [-0.2, 0) is 35.3 Å². The Hall–Kier alpha value is -3.17. The van der Waals surface area contributed by atoms with Crippen molar-refractivity contribution in [3.8, 4) is 0 Å². The first-order valence-electron chi connectivity index (χ1n) is 11.4. The molecule has 0 radical (unpaired) electrons. The van der Waals surface area contributed by atoms with Gasteiger partial charge in [0.15, 0.2) is 5.82 Å². The second-order valence-electron chi connectivity index (χ2n) is 8.19. The van der Waals surface area contributed by atoms with Gasteiger partial charge in [-0.1, -0.05) is 18.2 Å². The number of carbonyl (C=O) groups is 1. The van der Waals surface area contributed by atoms with Crippen molar-refractivity contribution < 1.29 is 14.3 Å². The van der Waals surface area contributed by atoms with Crippen LogP contribution in [0.5, 0.6) is 0 Å². The van der Waals surface area contributed by atoms with Gasteiger partial charge in [-0.2, -0.15) is 0 Å². The van der Waals surface area contributed by atoms with E-state index in [9.17, 15) is 4.79 Å². The molecule has 176 valence electrons. The number of pyridine rings is 1. The lowest BCUT2D eigenvalue weighted by Gasteiger charge is -2.21. The number of carbonyl (C=O) groups excluding carboxylic acids is 1. The minimum absolute atomic E-state index is 0.375. The van der Waals surface area contributed by atoms with Crippen LogP contribution in [0.2, 0.25) is 0 Å². The standard InChI is InChI=1S/C24H32N6O3/c1-32-14-11-20-28-21-22(18-9-5-6-10-19(18)27-23(21)25)30(20)13-16-33-15-12-29(24(26)31)17-7-3-2-4-8-17/h2-4,7-8H,5-6,9-16H2,1H3,(H2,25,27)(H2,26,31). The Labute approximate surface area is 193 Å². The van der Waals surface area contributed by atoms with Gasteiger partial charge in [0.2, 0.25) is 0 Å².